The summed E-state index contributed by atoms with van der Waals surface area (Å²) in [7, 11) is 0. The smallest absolute Gasteiger partial charge is 0.323 e. The summed E-state index contributed by atoms with van der Waals surface area (Å²) >= 11 is 0. The molecule has 2 atom stereocenters. The predicted molar refractivity (Wildman–Crippen MR) is 97.4 cm³/mol. The third-order valence-electron chi connectivity index (χ3n) is 5.19. The second kappa shape index (κ2) is 6.37. The Labute approximate surface area is 153 Å². The molecule has 1 aromatic rings. The minimum atomic E-state index is -0.889. The van der Waals surface area contributed by atoms with Crippen LogP contribution >= 0.6 is 0 Å². The van der Waals surface area contributed by atoms with Gasteiger partial charge in [-0.05, 0) is 49.1 Å². The molecular formula is C19H26N4O3. The zero-order chi connectivity index (χ0) is 19.1. The van der Waals surface area contributed by atoms with Crippen molar-refractivity contribution in [2.45, 2.75) is 52.5 Å². The van der Waals surface area contributed by atoms with Crippen molar-refractivity contribution in [2.24, 2.45) is 11.3 Å². The van der Waals surface area contributed by atoms with Gasteiger partial charge in [0, 0.05) is 6.20 Å². The molecule has 1 aliphatic heterocycles. The molecule has 0 aromatic carbocycles. The van der Waals surface area contributed by atoms with Crippen LogP contribution in [0.15, 0.2) is 18.3 Å². The molecule has 26 heavy (non-hydrogen) atoms. The number of carbonyl (C=O) groups is 3. The first-order chi connectivity index (χ1) is 12.1. The molecule has 1 aromatic heterocycles. The number of pyridine rings is 1. The Bertz CT molecular complexity index is 761. The van der Waals surface area contributed by atoms with Crippen LogP contribution in [0.4, 0.5) is 10.6 Å². The molecule has 7 nitrogen and oxygen atoms in total. The molecule has 1 saturated carbocycles. The van der Waals surface area contributed by atoms with Crippen LogP contribution in [0, 0.1) is 18.3 Å². The number of carbonyl (C=O) groups excluding carboxylic acids is 3. The molecule has 7 heteroatoms. The number of nitrogens with zero attached hydrogens (tertiary/aromatic N) is 2. The number of aryl methyl sites for hydroxylation is 1. The summed E-state index contributed by atoms with van der Waals surface area (Å²) < 4.78 is 0. The van der Waals surface area contributed by atoms with Gasteiger partial charge in [-0.3, -0.25) is 14.5 Å². The number of rotatable bonds is 3. The molecule has 1 spiro atoms. The Hall–Kier alpha value is -2.44. The summed E-state index contributed by atoms with van der Waals surface area (Å²) in [4.78, 5) is 42.9. The van der Waals surface area contributed by atoms with Gasteiger partial charge in [-0.1, -0.05) is 26.8 Å². The molecule has 140 valence electrons. The lowest BCUT2D eigenvalue weighted by Crippen LogP contribution is -2.54. The van der Waals surface area contributed by atoms with Gasteiger partial charge in [0.15, 0.2) is 0 Å². The number of hydrogen-bond donors (Lipinski definition) is 2. The lowest BCUT2D eigenvalue weighted by Gasteiger charge is -2.43. The molecule has 2 unspecified atom stereocenters. The van der Waals surface area contributed by atoms with Crippen molar-refractivity contribution < 1.29 is 14.4 Å². The molecule has 1 saturated heterocycles. The van der Waals surface area contributed by atoms with Gasteiger partial charge in [0.1, 0.15) is 17.9 Å². The molecule has 2 aliphatic rings. The van der Waals surface area contributed by atoms with Crippen LogP contribution in [0.3, 0.4) is 0 Å². The Morgan fingerprint density at radius 2 is 2.12 bits per heavy atom. The van der Waals surface area contributed by atoms with Gasteiger partial charge >= 0.3 is 6.03 Å². The number of nitrogens with one attached hydrogen (secondary N) is 2. The van der Waals surface area contributed by atoms with Gasteiger partial charge in [-0.2, -0.15) is 0 Å². The number of aromatic nitrogens is 1. The summed E-state index contributed by atoms with van der Waals surface area (Å²) in [5, 5.41) is 5.55. The van der Waals surface area contributed by atoms with Gasteiger partial charge in [0.05, 0.1) is 0 Å². The number of amides is 4. The van der Waals surface area contributed by atoms with Crippen molar-refractivity contribution in [2.75, 3.05) is 11.9 Å². The first-order valence-electron chi connectivity index (χ1n) is 8.97. The normalized spacial score (nSPS) is 27.5. The number of hydrogen-bond acceptors (Lipinski definition) is 4. The maximum Gasteiger partial charge on any atom is 0.325 e. The fourth-order valence-electron chi connectivity index (χ4n) is 4.58. The van der Waals surface area contributed by atoms with Gasteiger partial charge < -0.3 is 10.6 Å². The Morgan fingerprint density at radius 3 is 2.77 bits per heavy atom. The monoisotopic (exact) mass is 358 g/mol. The van der Waals surface area contributed by atoms with E-state index < -0.39 is 17.5 Å². The second-order valence-corrected chi connectivity index (χ2v) is 8.48. The lowest BCUT2D eigenvalue weighted by molar-refractivity contribution is -0.136. The Morgan fingerprint density at radius 1 is 1.38 bits per heavy atom. The largest absolute Gasteiger partial charge is 0.325 e. The third-order valence-corrected chi connectivity index (χ3v) is 5.19. The highest BCUT2D eigenvalue weighted by Crippen LogP contribution is 2.46. The first kappa shape index (κ1) is 18.4. The summed E-state index contributed by atoms with van der Waals surface area (Å²) in [6, 6.07) is 3.11. The van der Waals surface area contributed by atoms with Crippen molar-refractivity contribution in [3.8, 4) is 0 Å². The molecule has 0 bridgehead atoms. The molecule has 3 rings (SSSR count). The predicted octanol–water partition coefficient (Wildman–Crippen LogP) is 2.47. The summed E-state index contributed by atoms with van der Waals surface area (Å²) in [5.74, 6) is 0.0325. The highest BCUT2D eigenvalue weighted by atomic mass is 16.2. The summed E-state index contributed by atoms with van der Waals surface area (Å²) in [5.41, 5.74) is -0.110. The van der Waals surface area contributed by atoms with E-state index in [1.807, 2.05) is 13.0 Å². The lowest BCUT2D eigenvalue weighted by atomic mass is 9.64. The number of anilines is 1. The average Bonchev–Trinajstić information content (AvgIpc) is 2.71. The molecule has 0 radical (unpaired) electrons. The van der Waals surface area contributed by atoms with Crippen molar-refractivity contribution in [1.29, 1.82) is 0 Å². The number of urea groups is 1. The van der Waals surface area contributed by atoms with E-state index in [0.717, 1.165) is 16.9 Å². The van der Waals surface area contributed by atoms with E-state index >= 15 is 0 Å². The van der Waals surface area contributed by atoms with Gasteiger partial charge in [0.25, 0.3) is 5.91 Å². The maximum atomic E-state index is 13.0. The van der Waals surface area contributed by atoms with E-state index in [1.165, 1.54) is 0 Å². The molecular weight excluding hydrogens is 332 g/mol. The van der Waals surface area contributed by atoms with Crippen molar-refractivity contribution in [3.05, 3.63) is 23.9 Å². The van der Waals surface area contributed by atoms with Crippen LogP contribution in [0.25, 0.3) is 0 Å². The van der Waals surface area contributed by atoms with Crippen molar-refractivity contribution >= 4 is 23.7 Å². The Kier molecular flexibility index (Phi) is 4.50. The van der Waals surface area contributed by atoms with Crippen LogP contribution in [0.2, 0.25) is 0 Å². The van der Waals surface area contributed by atoms with E-state index in [1.54, 1.807) is 12.3 Å². The fourth-order valence-corrected chi connectivity index (χ4v) is 4.58. The average molecular weight is 358 g/mol. The molecule has 4 amide bonds. The van der Waals surface area contributed by atoms with Crippen LogP contribution in [0.5, 0.6) is 0 Å². The Balaban J connectivity index is 1.73. The minimum Gasteiger partial charge on any atom is -0.323 e. The first-order valence-corrected chi connectivity index (χ1v) is 8.97. The van der Waals surface area contributed by atoms with Crippen LogP contribution < -0.4 is 10.6 Å². The standard InChI is InChI=1S/C19H26N4O3/c1-12-8-18(3,4)11-19(9-12)16(25)23(17(26)22-19)10-14(24)21-15-13(2)6-5-7-20-15/h5-7,12H,8-11H2,1-4H3,(H,22,26)(H,20,21,24). The molecule has 2 fully saturated rings. The van der Waals surface area contributed by atoms with E-state index in [4.69, 9.17) is 0 Å². The van der Waals surface area contributed by atoms with Crippen LogP contribution in [-0.2, 0) is 9.59 Å². The van der Waals surface area contributed by atoms with Gasteiger partial charge in [-0.15, -0.1) is 0 Å². The second-order valence-electron chi connectivity index (χ2n) is 8.48. The van der Waals surface area contributed by atoms with Crippen LogP contribution in [0.1, 0.15) is 45.6 Å². The zero-order valence-corrected chi connectivity index (χ0v) is 15.8. The highest BCUT2D eigenvalue weighted by molar-refractivity contribution is 6.10. The molecule has 1 aliphatic carbocycles. The zero-order valence-electron chi connectivity index (χ0n) is 15.8. The topological polar surface area (TPSA) is 91.4 Å². The quantitative estimate of drug-likeness (QED) is 0.812. The summed E-state index contributed by atoms with van der Waals surface area (Å²) in [6.45, 7) is 7.85. The van der Waals surface area contributed by atoms with E-state index in [2.05, 4.69) is 36.4 Å². The minimum absolute atomic E-state index is 0.0378. The SMILES string of the molecule is Cc1cccnc1NC(=O)CN1C(=O)NC2(CC(C)CC(C)(C)C2)C1=O. The molecule has 2 N–H and O–H groups in total. The summed E-state index contributed by atoms with van der Waals surface area (Å²) in [6.07, 6.45) is 3.79. The van der Waals surface area contributed by atoms with Crippen LogP contribution in [-0.4, -0.2) is 39.8 Å². The molecule has 2 heterocycles. The van der Waals surface area contributed by atoms with Crippen molar-refractivity contribution in [1.82, 2.24) is 15.2 Å². The van der Waals surface area contributed by atoms with E-state index in [0.29, 0.717) is 24.6 Å². The maximum absolute atomic E-state index is 13.0. The van der Waals surface area contributed by atoms with Crippen molar-refractivity contribution in [3.63, 3.8) is 0 Å². The van der Waals surface area contributed by atoms with Gasteiger partial charge in [-0.25, -0.2) is 9.78 Å². The van der Waals surface area contributed by atoms with E-state index in [9.17, 15) is 14.4 Å². The fraction of sp³-hybridized carbons (Fsp3) is 0.579. The third kappa shape index (κ3) is 3.43. The number of imide groups is 1. The van der Waals surface area contributed by atoms with E-state index in [-0.39, 0.29) is 17.9 Å². The van der Waals surface area contributed by atoms with Gasteiger partial charge in [0.2, 0.25) is 5.91 Å². The highest BCUT2D eigenvalue weighted by Gasteiger charge is 2.56.